The van der Waals surface area contributed by atoms with Crippen LogP contribution in [0.2, 0.25) is 0 Å². The molecule has 2 aromatic carbocycles. The number of carbonyl (C=O) groups is 2. The normalized spacial score (nSPS) is 14.3. The lowest BCUT2D eigenvalue weighted by molar-refractivity contribution is -0.193. The van der Waals surface area contributed by atoms with Gasteiger partial charge in [0.05, 0.1) is 0 Å². The van der Waals surface area contributed by atoms with Gasteiger partial charge in [-0.25, -0.2) is 9.59 Å². The molecular weight excluding hydrogens is 942 g/mol. The average molecular weight is 970 g/mol. The molecule has 0 saturated carbocycles. The summed E-state index contributed by atoms with van der Waals surface area (Å²) in [5.41, 5.74) is 13.6. The van der Waals surface area contributed by atoms with Gasteiger partial charge in [0.1, 0.15) is 10.5 Å². The van der Waals surface area contributed by atoms with E-state index in [1.165, 1.54) is 11.1 Å². The van der Waals surface area contributed by atoms with Crippen LogP contribution in [0.4, 0.5) is 26.3 Å². The van der Waals surface area contributed by atoms with Crippen molar-refractivity contribution in [3.8, 4) is 0 Å². The highest BCUT2D eigenvalue weighted by Gasteiger charge is 2.51. The largest absolute Gasteiger partial charge is 0.490 e. The minimum atomic E-state index is -5.08. The Labute approximate surface area is 310 Å². The smallest absolute Gasteiger partial charge is 0.475 e. The first kappa shape index (κ1) is 43.6. The number of benzene rings is 2. The molecule has 262 valence electrons. The summed E-state index contributed by atoms with van der Waals surface area (Å²) in [5, 5.41) is 15.0. The molecule has 0 spiro atoms. The van der Waals surface area contributed by atoms with E-state index in [0.717, 1.165) is 66.8 Å². The topological polar surface area (TPSA) is 133 Å². The quantitative estimate of drug-likeness (QED) is 0.141. The minimum Gasteiger partial charge on any atom is -0.475 e. The number of hydrogen-bond acceptors (Lipinski definition) is 6. The molecule has 6 N–H and O–H groups in total. The first-order chi connectivity index (χ1) is 21.6. The molecule has 1 heterocycles. The summed E-state index contributed by atoms with van der Waals surface area (Å²) < 4.78 is 67.6. The zero-order valence-electron chi connectivity index (χ0n) is 24.0. The summed E-state index contributed by atoms with van der Waals surface area (Å²) in [4.78, 5) is 23.1. The molecular formula is C27H28Br4F6N4O4S2. The van der Waals surface area contributed by atoms with Crippen LogP contribution in [-0.4, -0.2) is 86.1 Å². The molecule has 0 atom stereocenters. The highest BCUT2D eigenvalue weighted by molar-refractivity contribution is 9.11. The summed E-state index contributed by atoms with van der Waals surface area (Å²) >= 11 is 26.8. The molecule has 8 nitrogen and oxygen atoms in total. The Morgan fingerprint density at radius 2 is 1.02 bits per heavy atom. The predicted molar refractivity (Wildman–Crippen MR) is 187 cm³/mol. The molecule has 0 bridgehead atoms. The van der Waals surface area contributed by atoms with Crippen molar-refractivity contribution >= 4 is 110 Å². The van der Waals surface area contributed by atoms with Crippen molar-refractivity contribution in [2.24, 2.45) is 11.5 Å². The molecule has 0 radical (unpaired) electrons. The third kappa shape index (κ3) is 13.8. The Kier molecular flexibility index (Phi) is 17.7. The van der Waals surface area contributed by atoms with Crippen molar-refractivity contribution < 1.29 is 46.1 Å². The summed E-state index contributed by atoms with van der Waals surface area (Å²) in [6.07, 6.45) is -7.07. The van der Waals surface area contributed by atoms with Gasteiger partial charge in [0.15, 0.2) is 5.11 Å². The number of nitrogens with two attached hydrogens (primary N) is 2. The molecule has 0 unspecified atom stereocenters. The van der Waals surface area contributed by atoms with Crippen LogP contribution in [0.3, 0.4) is 0 Å². The number of thiocarbonyl (C=S) groups is 2. The molecule has 0 amide bonds. The van der Waals surface area contributed by atoms with E-state index >= 15 is 0 Å². The lowest BCUT2D eigenvalue weighted by Crippen LogP contribution is -2.53. The van der Waals surface area contributed by atoms with Gasteiger partial charge in [0.25, 0.3) is 0 Å². The minimum absolute atomic E-state index is 0.489. The first-order valence-corrected chi connectivity index (χ1v) is 17.1. The molecule has 1 aliphatic heterocycles. The van der Waals surface area contributed by atoms with Gasteiger partial charge in [-0.2, -0.15) is 26.3 Å². The van der Waals surface area contributed by atoms with Crippen molar-refractivity contribution in [1.29, 1.82) is 0 Å². The second kappa shape index (κ2) is 19.1. The van der Waals surface area contributed by atoms with Crippen LogP contribution in [0.25, 0.3) is 0 Å². The van der Waals surface area contributed by atoms with Crippen LogP contribution in [0.15, 0.2) is 54.3 Å². The third-order valence-electron chi connectivity index (χ3n) is 6.12. The number of hydrogen-bond donors (Lipinski definition) is 4. The molecule has 47 heavy (non-hydrogen) atoms. The first-order valence-electron chi connectivity index (χ1n) is 13.1. The average Bonchev–Trinajstić information content (AvgIpc) is 3.09. The second-order valence-corrected chi connectivity index (χ2v) is 14.1. The Morgan fingerprint density at radius 1 is 0.702 bits per heavy atom. The van der Waals surface area contributed by atoms with E-state index in [-0.39, 0.29) is 0 Å². The Bertz CT molecular complexity index is 1320. The van der Waals surface area contributed by atoms with E-state index in [4.69, 9.17) is 55.7 Å². The fourth-order valence-corrected chi connectivity index (χ4v) is 8.01. The van der Waals surface area contributed by atoms with Crippen LogP contribution in [0.1, 0.15) is 24.0 Å². The van der Waals surface area contributed by atoms with E-state index in [2.05, 4.69) is 97.8 Å². The fourth-order valence-electron chi connectivity index (χ4n) is 4.29. The lowest BCUT2D eigenvalue weighted by Gasteiger charge is -2.38. The maximum Gasteiger partial charge on any atom is 0.490 e. The molecule has 3 rings (SSSR count). The van der Waals surface area contributed by atoms with Crippen LogP contribution >= 0.6 is 88.2 Å². The highest BCUT2D eigenvalue weighted by Crippen LogP contribution is 2.38. The van der Waals surface area contributed by atoms with Gasteiger partial charge in [-0.15, -0.1) is 0 Å². The van der Waals surface area contributed by atoms with E-state index in [1.54, 1.807) is 0 Å². The Balaban J connectivity index is 0.000000658. The lowest BCUT2D eigenvalue weighted by atomic mass is 9.83. The molecule has 20 heteroatoms. The number of aliphatic carboxylic acids is 2. The van der Waals surface area contributed by atoms with Crippen molar-refractivity contribution in [1.82, 2.24) is 9.80 Å². The van der Waals surface area contributed by atoms with Crippen molar-refractivity contribution in [3.63, 3.8) is 0 Å². The van der Waals surface area contributed by atoms with Gasteiger partial charge in [-0.1, -0.05) is 75.9 Å². The van der Waals surface area contributed by atoms with Crippen molar-refractivity contribution in [2.45, 2.75) is 43.6 Å². The summed E-state index contributed by atoms with van der Waals surface area (Å²) in [6, 6.07) is 12.7. The third-order valence-corrected chi connectivity index (χ3v) is 8.99. The zero-order chi connectivity index (χ0) is 36.3. The molecule has 2 aromatic rings. The number of carboxylic acids is 2. The predicted octanol–water partition coefficient (Wildman–Crippen LogP) is 7.45. The SMILES string of the molecule is NCCCN1C(=S)N(CCCN)C(Cc2cc(Br)cc(Br)c2)(Cc2cc(Br)cc(Br)c2)C1=S.O=C(O)C(F)(F)F.O=C(O)C(F)(F)F. The maximum absolute atomic E-state index is 10.6. The van der Waals surface area contributed by atoms with E-state index in [0.29, 0.717) is 13.1 Å². The fraction of sp³-hybridized carbons (Fsp3) is 0.407. The van der Waals surface area contributed by atoms with Crippen LogP contribution in [-0.2, 0) is 22.4 Å². The van der Waals surface area contributed by atoms with Gasteiger partial charge in [-0.3, -0.25) is 0 Å². The standard InChI is InChI=1S/C23H26Br4N4S2.2C2HF3O2/c24-17-7-15(8-18(25)11-17)13-23(14-16-9-19(26)12-20(27)10-16)21(32)30(5-1-3-28)22(33)31(23)6-2-4-29;2*3-2(4,5)1(6)7/h7-12H,1-6,13-14,28-29H2;2*(H,6,7). The molecule has 1 aliphatic rings. The number of rotatable bonds is 10. The van der Waals surface area contributed by atoms with Gasteiger partial charge >= 0.3 is 24.3 Å². The maximum atomic E-state index is 10.6. The number of carboxylic acid groups (broad SMARTS) is 2. The van der Waals surface area contributed by atoms with Gasteiger partial charge in [-0.05, 0) is 85.7 Å². The summed E-state index contributed by atoms with van der Waals surface area (Å²) in [5.74, 6) is -5.51. The molecule has 1 fully saturated rings. The number of nitrogens with zero attached hydrogens (tertiary/aromatic N) is 2. The van der Waals surface area contributed by atoms with E-state index in [1.807, 2.05) is 12.1 Å². The number of alkyl halides is 6. The molecule has 0 aromatic heterocycles. The monoisotopic (exact) mass is 966 g/mol. The summed E-state index contributed by atoms with van der Waals surface area (Å²) in [6.45, 7) is 2.66. The van der Waals surface area contributed by atoms with Crippen LogP contribution in [0, 0.1) is 0 Å². The van der Waals surface area contributed by atoms with Gasteiger partial charge in [0.2, 0.25) is 0 Å². The summed E-state index contributed by atoms with van der Waals surface area (Å²) in [7, 11) is 0. The Morgan fingerprint density at radius 3 is 1.32 bits per heavy atom. The van der Waals surface area contributed by atoms with Gasteiger partial charge < -0.3 is 31.5 Å². The zero-order valence-corrected chi connectivity index (χ0v) is 32.0. The molecule has 0 aliphatic carbocycles. The Hall–Kier alpha value is -1.42. The van der Waals surface area contributed by atoms with Crippen molar-refractivity contribution in [2.75, 3.05) is 26.2 Å². The van der Waals surface area contributed by atoms with Crippen LogP contribution < -0.4 is 11.5 Å². The highest BCUT2D eigenvalue weighted by atomic mass is 79.9. The van der Waals surface area contributed by atoms with Gasteiger partial charge in [0, 0.05) is 43.8 Å². The molecule has 1 saturated heterocycles. The number of halogens is 10. The second-order valence-electron chi connectivity index (χ2n) is 9.72. The van der Waals surface area contributed by atoms with E-state index in [9.17, 15) is 26.3 Å². The van der Waals surface area contributed by atoms with E-state index < -0.39 is 29.8 Å². The van der Waals surface area contributed by atoms with Crippen LogP contribution in [0.5, 0.6) is 0 Å². The van der Waals surface area contributed by atoms with Crippen molar-refractivity contribution in [3.05, 3.63) is 65.4 Å².